The molecular weight excluding hydrogens is 250 g/mol. The van der Waals surface area contributed by atoms with Gasteiger partial charge in [-0.2, -0.15) is 0 Å². The Labute approximate surface area is 112 Å². The molecule has 0 heterocycles. The molecule has 0 aliphatic heterocycles. The molecule has 0 unspecified atom stereocenters. The lowest BCUT2D eigenvalue weighted by Crippen LogP contribution is -2.46. The molecule has 0 radical (unpaired) electrons. The summed E-state index contributed by atoms with van der Waals surface area (Å²) >= 11 is 0. The first-order valence-corrected chi connectivity index (χ1v) is 6.52. The third kappa shape index (κ3) is 9.87. The molecule has 0 aromatic rings. The summed E-state index contributed by atoms with van der Waals surface area (Å²) < 4.78 is 0. The number of amides is 3. The minimum Gasteiger partial charge on any atom is -0.480 e. The lowest BCUT2D eigenvalue weighted by Gasteiger charge is -2.14. The number of hydrogen-bond acceptors (Lipinski definition) is 3. The van der Waals surface area contributed by atoms with E-state index in [0.29, 0.717) is 6.54 Å². The van der Waals surface area contributed by atoms with Crippen LogP contribution in [0.25, 0.3) is 0 Å². The summed E-state index contributed by atoms with van der Waals surface area (Å²) in [6.45, 7) is 2.60. The van der Waals surface area contributed by atoms with E-state index in [1.165, 1.54) is 0 Å². The van der Waals surface area contributed by atoms with Gasteiger partial charge in [0, 0.05) is 13.0 Å². The van der Waals surface area contributed by atoms with Gasteiger partial charge in [-0.25, -0.2) is 9.59 Å². The van der Waals surface area contributed by atoms with Crippen molar-refractivity contribution < 1.29 is 19.5 Å². The first kappa shape index (κ1) is 17.2. The van der Waals surface area contributed by atoms with Crippen molar-refractivity contribution in [3.63, 3.8) is 0 Å². The number of nitrogens with one attached hydrogen (secondary N) is 2. The molecule has 0 spiro atoms. The topological polar surface area (TPSA) is 122 Å². The fraction of sp³-hybridized carbons (Fsp3) is 0.750. The molecule has 0 rings (SSSR count). The number of carboxylic acids is 1. The molecule has 3 amide bonds. The van der Waals surface area contributed by atoms with Crippen molar-refractivity contribution in [2.75, 3.05) is 6.54 Å². The van der Waals surface area contributed by atoms with E-state index in [9.17, 15) is 14.4 Å². The van der Waals surface area contributed by atoms with Crippen molar-refractivity contribution in [3.05, 3.63) is 0 Å². The Kier molecular flexibility index (Phi) is 9.20. The van der Waals surface area contributed by atoms with Crippen LogP contribution in [0.15, 0.2) is 0 Å². The van der Waals surface area contributed by atoms with E-state index in [1.54, 1.807) is 0 Å². The van der Waals surface area contributed by atoms with Gasteiger partial charge in [-0.3, -0.25) is 4.79 Å². The minimum atomic E-state index is -1.18. The van der Waals surface area contributed by atoms with Crippen molar-refractivity contribution >= 4 is 17.9 Å². The van der Waals surface area contributed by atoms with Crippen LogP contribution in [0.3, 0.4) is 0 Å². The van der Waals surface area contributed by atoms with E-state index in [1.807, 2.05) is 0 Å². The van der Waals surface area contributed by atoms with Gasteiger partial charge in [0.1, 0.15) is 6.04 Å². The van der Waals surface area contributed by atoms with Gasteiger partial charge in [0.25, 0.3) is 0 Å². The van der Waals surface area contributed by atoms with E-state index in [-0.39, 0.29) is 12.8 Å². The quantitative estimate of drug-likeness (QED) is 0.435. The molecule has 0 aromatic carbocycles. The summed E-state index contributed by atoms with van der Waals surface area (Å²) in [6, 6.07) is -1.63. The minimum absolute atomic E-state index is 0.00603. The highest BCUT2D eigenvalue weighted by Crippen LogP contribution is 1.98. The summed E-state index contributed by atoms with van der Waals surface area (Å²) in [4.78, 5) is 32.9. The number of aliphatic carboxylic acids is 1. The van der Waals surface area contributed by atoms with E-state index in [4.69, 9.17) is 10.8 Å². The molecule has 7 nitrogen and oxygen atoms in total. The molecule has 5 N–H and O–H groups in total. The van der Waals surface area contributed by atoms with E-state index < -0.39 is 23.9 Å². The molecular formula is C12H23N3O4. The molecule has 0 saturated heterocycles. The smallest absolute Gasteiger partial charge is 0.326 e. The Morgan fingerprint density at radius 1 is 1.21 bits per heavy atom. The van der Waals surface area contributed by atoms with Gasteiger partial charge >= 0.3 is 12.0 Å². The van der Waals surface area contributed by atoms with Gasteiger partial charge in [-0.05, 0) is 12.8 Å². The fourth-order valence-electron chi connectivity index (χ4n) is 1.51. The molecule has 1 atom stereocenters. The van der Waals surface area contributed by atoms with Crippen LogP contribution >= 0.6 is 0 Å². The Bertz CT molecular complexity index is 307. The molecule has 0 aromatic heterocycles. The first-order valence-electron chi connectivity index (χ1n) is 6.52. The monoisotopic (exact) mass is 273 g/mol. The molecule has 0 saturated carbocycles. The molecule has 7 heteroatoms. The molecule has 19 heavy (non-hydrogen) atoms. The van der Waals surface area contributed by atoms with E-state index >= 15 is 0 Å². The fourth-order valence-corrected chi connectivity index (χ4v) is 1.51. The zero-order valence-electron chi connectivity index (χ0n) is 11.3. The number of primary amides is 1. The number of carboxylic acid groups (broad SMARTS) is 1. The number of urea groups is 1. The molecule has 0 bridgehead atoms. The lowest BCUT2D eigenvalue weighted by molar-refractivity contribution is -0.139. The largest absolute Gasteiger partial charge is 0.480 e. The van der Waals surface area contributed by atoms with Gasteiger partial charge < -0.3 is 21.5 Å². The number of rotatable bonds is 10. The zero-order valence-corrected chi connectivity index (χ0v) is 11.3. The third-order valence-corrected chi connectivity index (χ3v) is 2.60. The van der Waals surface area contributed by atoms with Gasteiger partial charge in [0.2, 0.25) is 5.91 Å². The zero-order chi connectivity index (χ0) is 14.7. The second kappa shape index (κ2) is 10.2. The summed E-state index contributed by atoms with van der Waals surface area (Å²) in [5.74, 6) is -1.77. The van der Waals surface area contributed by atoms with Crippen molar-refractivity contribution in [2.24, 2.45) is 5.73 Å². The van der Waals surface area contributed by atoms with Crippen LogP contribution in [0.5, 0.6) is 0 Å². The summed E-state index contributed by atoms with van der Waals surface area (Å²) in [6.07, 6.45) is 4.03. The molecule has 110 valence electrons. The van der Waals surface area contributed by atoms with Crippen LogP contribution in [-0.4, -0.2) is 35.6 Å². The number of nitrogens with two attached hydrogens (primary N) is 1. The predicted octanol–water partition coefficient (Wildman–Crippen LogP) is 0.585. The average molecular weight is 273 g/mol. The number of hydrogen-bond donors (Lipinski definition) is 4. The highest BCUT2D eigenvalue weighted by Gasteiger charge is 2.20. The predicted molar refractivity (Wildman–Crippen MR) is 70.5 cm³/mol. The van der Waals surface area contributed by atoms with Crippen molar-refractivity contribution in [3.8, 4) is 0 Å². The molecule has 0 aliphatic rings. The summed E-state index contributed by atoms with van der Waals surface area (Å²) in [5.41, 5.74) is 4.94. The van der Waals surface area contributed by atoms with Crippen LogP contribution in [0.2, 0.25) is 0 Å². The van der Waals surface area contributed by atoms with E-state index in [2.05, 4.69) is 17.6 Å². The third-order valence-electron chi connectivity index (χ3n) is 2.60. The van der Waals surface area contributed by atoms with Gasteiger partial charge in [-0.1, -0.05) is 26.2 Å². The van der Waals surface area contributed by atoms with Crippen molar-refractivity contribution in [2.45, 2.75) is 51.5 Å². The Morgan fingerprint density at radius 3 is 2.42 bits per heavy atom. The van der Waals surface area contributed by atoms with Crippen LogP contribution in [0, 0.1) is 0 Å². The maximum Gasteiger partial charge on any atom is 0.326 e. The van der Waals surface area contributed by atoms with Gasteiger partial charge in [0.05, 0.1) is 0 Å². The maximum absolute atomic E-state index is 11.4. The molecule has 0 aliphatic carbocycles. The second-order valence-electron chi connectivity index (χ2n) is 4.36. The Balaban J connectivity index is 3.90. The molecule has 0 fully saturated rings. The highest BCUT2D eigenvalue weighted by molar-refractivity contribution is 5.83. The summed E-state index contributed by atoms with van der Waals surface area (Å²) in [5, 5.41) is 13.8. The Hall–Kier alpha value is -1.79. The first-order chi connectivity index (χ1) is 8.97. The van der Waals surface area contributed by atoms with Crippen molar-refractivity contribution in [1.82, 2.24) is 10.6 Å². The standard InChI is InChI=1S/C12H23N3O4/c1-2-3-4-5-8-14-12(19)15-9(11(17)18)6-7-10(13)16/h9H,2-8H2,1H3,(H2,13,16)(H,17,18)(H2,14,15,19)/t9-/m0/s1. The lowest BCUT2D eigenvalue weighted by atomic mass is 10.1. The number of carbonyl (C=O) groups is 3. The van der Waals surface area contributed by atoms with Crippen LogP contribution in [-0.2, 0) is 9.59 Å². The van der Waals surface area contributed by atoms with Gasteiger partial charge in [0.15, 0.2) is 0 Å². The SMILES string of the molecule is CCCCCCNC(=O)N[C@@H](CCC(N)=O)C(=O)O. The number of unbranched alkanes of at least 4 members (excludes halogenated alkanes) is 3. The van der Waals surface area contributed by atoms with Gasteiger partial charge in [-0.15, -0.1) is 0 Å². The maximum atomic E-state index is 11.4. The normalized spacial score (nSPS) is 11.6. The van der Waals surface area contributed by atoms with E-state index in [0.717, 1.165) is 25.7 Å². The highest BCUT2D eigenvalue weighted by atomic mass is 16.4. The van der Waals surface area contributed by atoms with Crippen LogP contribution in [0.1, 0.15) is 45.4 Å². The van der Waals surface area contributed by atoms with Crippen LogP contribution in [0.4, 0.5) is 4.79 Å². The van der Waals surface area contributed by atoms with Crippen molar-refractivity contribution in [1.29, 1.82) is 0 Å². The van der Waals surface area contributed by atoms with Crippen LogP contribution < -0.4 is 16.4 Å². The summed E-state index contributed by atoms with van der Waals surface area (Å²) in [7, 11) is 0. The Morgan fingerprint density at radius 2 is 1.89 bits per heavy atom. The number of carbonyl (C=O) groups excluding carboxylic acids is 2. The second-order valence-corrected chi connectivity index (χ2v) is 4.36. The average Bonchev–Trinajstić information content (AvgIpc) is 2.33.